The van der Waals surface area contributed by atoms with Crippen molar-refractivity contribution in [2.24, 2.45) is 0 Å². The van der Waals surface area contributed by atoms with Crippen molar-refractivity contribution in [1.82, 2.24) is 15.1 Å². The average molecular weight is 344 g/mol. The number of nitrogens with zero attached hydrogens (tertiary/aromatic N) is 2. The van der Waals surface area contributed by atoms with E-state index < -0.39 is 6.04 Å². The number of thioether (sulfide) groups is 1. The first kappa shape index (κ1) is 16.6. The molecule has 1 aromatic heterocycles. The summed E-state index contributed by atoms with van der Waals surface area (Å²) in [4.78, 5) is 27.0. The average Bonchev–Trinajstić information content (AvgIpc) is 3.20. The van der Waals surface area contributed by atoms with Crippen LogP contribution in [0, 0.1) is 20.8 Å². The third-order valence-corrected chi connectivity index (χ3v) is 5.38. The second-order valence-corrected chi connectivity index (χ2v) is 6.94. The van der Waals surface area contributed by atoms with Gasteiger partial charge in [0, 0.05) is 17.1 Å². The number of aromatic nitrogens is 2. The smallest absolute Gasteiger partial charge is 0.258 e. The quantitative estimate of drug-likeness (QED) is 0.897. The summed E-state index contributed by atoms with van der Waals surface area (Å²) in [5, 5.41) is 9.63. The maximum atomic E-state index is 12.7. The topological polar surface area (TPSA) is 78.1 Å². The molecule has 1 aromatic carbocycles. The monoisotopic (exact) mass is 344 g/mol. The Morgan fingerprint density at radius 1 is 1.33 bits per heavy atom. The van der Waals surface area contributed by atoms with E-state index in [4.69, 9.17) is 0 Å². The molecule has 2 aromatic rings. The molecular formula is C17H20N4O2S. The number of hydrogen-bond donors (Lipinski definition) is 2. The summed E-state index contributed by atoms with van der Waals surface area (Å²) >= 11 is 1.58. The lowest BCUT2D eigenvalue weighted by Gasteiger charge is -2.23. The molecule has 126 valence electrons. The third-order valence-electron chi connectivity index (χ3n) is 4.37. The normalized spacial score (nSPS) is 17.1. The van der Waals surface area contributed by atoms with E-state index in [-0.39, 0.29) is 11.8 Å². The van der Waals surface area contributed by atoms with E-state index >= 15 is 0 Å². The standard InChI is InChI=1S/C17H20N4O2S/c1-10-5-4-6-14(11(10)2)19-16(22)15-8-24-9-21(15)17(23)13-7-18-20-12(13)3/h4-7,15H,8-9H2,1-3H3,(H,18,20)(H,19,22). The van der Waals surface area contributed by atoms with Crippen LogP contribution in [0.5, 0.6) is 0 Å². The summed E-state index contributed by atoms with van der Waals surface area (Å²) in [6.45, 7) is 5.79. The number of carbonyl (C=O) groups is 2. The summed E-state index contributed by atoms with van der Waals surface area (Å²) in [6, 6.07) is 5.33. The Morgan fingerprint density at radius 3 is 2.83 bits per heavy atom. The van der Waals surface area contributed by atoms with Gasteiger partial charge in [-0.05, 0) is 38.0 Å². The minimum Gasteiger partial charge on any atom is -0.324 e. The molecule has 3 rings (SSSR count). The predicted octanol–water partition coefficient (Wildman–Crippen LogP) is 2.49. The van der Waals surface area contributed by atoms with E-state index in [2.05, 4.69) is 15.5 Å². The Bertz CT molecular complexity index is 787. The van der Waals surface area contributed by atoms with Gasteiger partial charge in [-0.3, -0.25) is 14.7 Å². The number of hydrogen-bond acceptors (Lipinski definition) is 4. The molecule has 2 heterocycles. The number of nitrogens with one attached hydrogen (secondary N) is 2. The zero-order valence-electron chi connectivity index (χ0n) is 13.9. The van der Waals surface area contributed by atoms with E-state index in [0.29, 0.717) is 22.9 Å². The number of rotatable bonds is 3. The number of anilines is 1. The first-order valence-electron chi connectivity index (χ1n) is 7.75. The molecule has 0 bridgehead atoms. The van der Waals surface area contributed by atoms with Gasteiger partial charge in [-0.2, -0.15) is 5.10 Å². The molecule has 1 atom stereocenters. The van der Waals surface area contributed by atoms with Crippen molar-refractivity contribution in [2.45, 2.75) is 26.8 Å². The summed E-state index contributed by atoms with van der Waals surface area (Å²) in [6.07, 6.45) is 1.51. The Kier molecular flexibility index (Phi) is 4.62. The van der Waals surface area contributed by atoms with Crippen molar-refractivity contribution >= 4 is 29.3 Å². The van der Waals surface area contributed by atoms with Crippen molar-refractivity contribution in [2.75, 3.05) is 16.9 Å². The van der Waals surface area contributed by atoms with E-state index in [9.17, 15) is 9.59 Å². The molecule has 1 aliphatic heterocycles. The lowest BCUT2D eigenvalue weighted by Crippen LogP contribution is -2.44. The molecule has 24 heavy (non-hydrogen) atoms. The fourth-order valence-electron chi connectivity index (χ4n) is 2.68. The molecule has 1 fully saturated rings. The van der Waals surface area contributed by atoms with Crippen LogP contribution in [-0.4, -0.2) is 44.6 Å². The van der Waals surface area contributed by atoms with Crippen molar-refractivity contribution in [3.05, 3.63) is 46.8 Å². The molecule has 7 heteroatoms. The maximum absolute atomic E-state index is 12.7. The first-order valence-corrected chi connectivity index (χ1v) is 8.90. The number of aryl methyl sites for hydroxylation is 2. The first-order chi connectivity index (χ1) is 11.5. The molecule has 0 spiro atoms. The van der Waals surface area contributed by atoms with E-state index in [1.165, 1.54) is 6.20 Å². The fraction of sp³-hybridized carbons (Fsp3) is 0.353. The van der Waals surface area contributed by atoms with E-state index in [1.54, 1.807) is 23.6 Å². The van der Waals surface area contributed by atoms with Crippen LogP contribution >= 0.6 is 11.8 Å². The van der Waals surface area contributed by atoms with Crippen molar-refractivity contribution in [1.29, 1.82) is 0 Å². The minimum absolute atomic E-state index is 0.150. The molecular weight excluding hydrogens is 324 g/mol. The minimum atomic E-state index is -0.475. The number of carbonyl (C=O) groups excluding carboxylic acids is 2. The number of aromatic amines is 1. The SMILES string of the molecule is Cc1cccc(NC(=O)C2CSCN2C(=O)c2cn[nH]c2C)c1C. The van der Waals surface area contributed by atoms with Gasteiger partial charge < -0.3 is 10.2 Å². The second kappa shape index (κ2) is 6.68. The Hall–Kier alpha value is -2.28. The van der Waals surface area contributed by atoms with Crippen molar-refractivity contribution in [3.8, 4) is 0 Å². The maximum Gasteiger partial charge on any atom is 0.258 e. The van der Waals surface area contributed by atoms with Gasteiger partial charge >= 0.3 is 0 Å². The summed E-state index contributed by atoms with van der Waals surface area (Å²) in [7, 11) is 0. The van der Waals surface area contributed by atoms with E-state index in [0.717, 1.165) is 16.8 Å². The summed E-state index contributed by atoms with van der Waals surface area (Å²) < 4.78 is 0. The van der Waals surface area contributed by atoms with Gasteiger partial charge in [-0.25, -0.2) is 0 Å². The predicted molar refractivity (Wildman–Crippen MR) is 95.2 cm³/mol. The molecule has 0 saturated carbocycles. The molecule has 0 radical (unpaired) electrons. The van der Waals surface area contributed by atoms with E-state index in [1.807, 2.05) is 32.0 Å². The van der Waals surface area contributed by atoms with Crippen LogP contribution in [0.15, 0.2) is 24.4 Å². The molecule has 2 N–H and O–H groups in total. The molecule has 2 amide bonds. The highest BCUT2D eigenvalue weighted by molar-refractivity contribution is 7.99. The van der Waals surface area contributed by atoms with Crippen molar-refractivity contribution < 1.29 is 9.59 Å². The van der Waals surface area contributed by atoms with Gasteiger partial charge in [0.25, 0.3) is 5.91 Å². The highest BCUT2D eigenvalue weighted by Crippen LogP contribution is 2.26. The van der Waals surface area contributed by atoms with Crippen LogP contribution in [0.4, 0.5) is 5.69 Å². The summed E-state index contributed by atoms with van der Waals surface area (Å²) in [5.41, 5.74) is 4.19. The number of amides is 2. The van der Waals surface area contributed by atoms with Gasteiger partial charge in [-0.15, -0.1) is 11.8 Å². The van der Waals surface area contributed by atoms with Crippen LogP contribution in [-0.2, 0) is 4.79 Å². The Morgan fingerprint density at radius 2 is 2.12 bits per heavy atom. The van der Waals surface area contributed by atoms with Gasteiger partial charge in [0.2, 0.25) is 5.91 Å². The highest BCUT2D eigenvalue weighted by Gasteiger charge is 2.36. The zero-order chi connectivity index (χ0) is 17.3. The molecule has 1 aliphatic rings. The van der Waals surface area contributed by atoms with Crippen LogP contribution in [0.25, 0.3) is 0 Å². The molecule has 0 aliphatic carbocycles. The van der Waals surface area contributed by atoms with Gasteiger partial charge in [0.15, 0.2) is 0 Å². The lowest BCUT2D eigenvalue weighted by molar-refractivity contribution is -0.119. The zero-order valence-corrected chi connectivity index (χ0v) is 14.7. The Balaban J connectivity index is 1.78. The van der Waals surface area contributed by atoms with Gasteiger partial charge in [-0.1, -0.05) is 12.1 Å². The lowest BCUT2D eigenvalue weighted by atomic mass is 10.1. The molecule has 6 nitrogen and oxygen atoms in total. The third kappa shape index (κ3) is 3.03. The van der Waals surface area contributed by atoms with Crippen LogP contribution in [0.1, 0.15) is 27.2 Å². The van der Waals surface area contributed by atoms with Crippen LogP contribution < -0.4 is 5.32 Å². The van der Waals surface area contributed by atoms with Crippen molar-refractivity contribution in [3.63, 3.8) is 0 Å². The Labute approximate surface area is 145 Å². The number of benzene rings is 1. The fourth-order valence-corrected chi connectivity index (χ4v) is 3.84. The van der Waals surface area contributed by atoms with Gasteiger partial charge in [0.05, 0.1) is 17.6 Å². The molecule has 1 unspecified atom stereocenters. The largest absolute Gasteiger partial charge is 0.324 e. The second-order valence-electron chi connectivity index (χ2n) is 5.94. The van der Waals surface area contributed by atoms with Crippen LogP contribution in [0.3, 0.4) is 0 Å². The summed E-state index contributed by atoms with van der Waals surface area (Å²) in [5.74, 6) is 0.795. The number of H-pyrrole nitrogens is 1. The highest BCUT2D eigenvalue weighted by atomic mass is 32.2. The van der Waals surface area contributed by atoms with Crippen LogP contribution in [0.2, 0.25) is 0 Å². The van der Waals surface area contributed by atoms with Gasteiger partial charge in [0.1, 0.15) is 6.04 Å². The molecule has 1 saturated heterocycles.